The maximum atomic E-state index is 12.7. The average Bonchev–Trinajstić information content (AvgIpc) is 2.68. The number of hydrogen-bond acceptors (Lipinski definition) is 5. The normalized spacial score (nSPS) is 26.3. The molecule has 2 aliphatic carbocycles. The van der Waals surface area contributed by atoms with E-state index in [0.717, 1.165) is 36.6 Å². The molecular formula is C23H30N2O4. The Balaban J connectivity index is 1.45. The van der Waals surface area contributed by atoms with Gasteiger partial charge in [0.2, 0.25) is 5.91 Å². The largest absolute Gasteiger partial charge is 0.497 e. The number of methoxy groups -OCH3 is 1. The number of carbonyl (C=O) groups excluding carboxylic acids is 1. The van der Waals surface area contributed by atoms with Crippen molar-refractivity contribution in [3.8, 4) is 5.75 Å². The van der Waals surface area contributed by atoms with Gasteiger partial charge in [-0.1, -0.05) is 6.42 Å². The molecule has 2 aromatic rings. The fraction of sp³-hybridized carbons (Fsp3) is 0.565. The summed E-state index contributed by atoms with van der Waals surface area (Å²) in [5.41, 5.74) is 7.75. The van der Waals surface area contributed by atoms with Crippen LogP contribution in [0.3, 0.4) is 0 Å². The molecule has 0 saturated heterocycles. The van der Waals surface area contributed by atoms with E-state index in [0.29, 0.717) is 35.2 Å². The molecule has 1 aromatic carbocycles. The van der Waals surface area contributed by atoms with Crippen LogP contribution in [0.15, 0.2) is 27.4 Å². The third-order valence-corrected chi connectivity index (χ3v) is 6.80. The van der Waals surface area contributed by atoms with Gasteiger partial charge in [-0.15, -0.1) is 0 Å². The molecule has 2 aliphatic rings. The Labute approximate surface area is 170 Å². The van der Waals surface area contributed by atoms with E-state index >= 15 is 0 Å². The summed E-state index contributed by atoms with van der Waals surface area (Å²) in [4.78, 5) is 25.2. The maximum absolute atomic E-state index is 12.7. The summed E-state index contributed by atoms with van der Waals surface area (Å²) >= 11 is 0. The van der Waals surface area contributed by atoms with Gasteiger partial charge in [0, 0.05) is 35.5 Å². The number of benzene rings is 1. The van der Waals surface area contributed by atoms with Crippen molar-refractivity contribution in [2.24, 2.45) is 17.6 Å². The predicted molar refractivity (Wildman–Crippen MR) is 112 cm³/mol. The van der Waals surface area contributed by atoms with Crippen molar-refractivity contribution in [1.82, 2.24) is 5.32 Å². The van der Waals surface area contributed by atoms with Gasteiger partial charge in [-0.05, 0) is 68.6 Å². The zero-order valence-corrected chi connectivity index (χ0v) is 17.2. The topological polar surface area (TPSA) is 94.6 Å². The number of fused-ring (bicyclic) bond motifs is 3. The molecule has 6 nitrogen and oxygen atoms in total. The lowest BCUT2D eigenvalue weighted by molar-refractivity contribution is -0.123. The Bertz CT molecular complexity index is 953. The minimum absolute atomic E-state index is 0.0102. The first-order valence-electron chi connectivity index (χ1n) is 10.6. The smallest absolute Gasteiger partial charge is 0.339 e. The van der Waals surface area contributed by atoms with Crippen LogP contribution in [-0.2, 0) is 11.2 Å². The van der Waals surface area contributed by atoms with Gasteiger partial charge in [0.15, 0.2) is 0 Å². The van der Waals surface area contributed by atoms with Gasteiger partial charge in [0.1, 0.15) is 11.3 Å². The van der Waals surface area contributed by atoms with Gasteiger partial charge in [0.25, 0.3) is 0 Å². The molecule has 0 aliphatic heterocycles. The number of nitrogens with two attached hydrogens (primary N) is 1. The monoisotopic (exact) mass is 398 g/mol. The van der Waals surface area contributed by atoms with Crippen LogP contribution >= 0.6 is 0 Å². The minimum atomic E-state index is -0.378. The molecule has 2 bridgehead atoms. The van der Waals surface area contributed by atoms with Crippen molar-refractivity contribution in [3.63, 3.8) is 0 Å². The molecule has 1 heterocycles. The van der Waals surface area contributed by atoms with Crippen LogP contribution in [0.5, 0.6) is 5.75 Å². The molecule has 156 valence electrons. The number of aryl methyl sites for hydroxylation is 1. The highest BCUT2D eigenvalue weighted by Gasteiger charge is 2.39. The van der Waals surface area contributed by atoms with Crippen molar-refractivity contribution >= 4 is 16.9 Å². The van der Waals surface area contributed by atoms with Crippen molar-refractivity contribution in [2.45, 2.75) is 64.0 Å². The van der Waals surface area contributed by atoms with Crippen LogP contribution in [0.25, 0.3) is 11.0 Å². The summed E-state index contributed by atoms with van der Waals surface area (Å²) in [5.74, 6) is 1.63. The molecule has 2 atom stereocenters. The molecule has 1 aromatic heterocycles. The van der Waals surface area contributed by atoms with E-state index < -0.39 is 0 Å². The Morgan fingerprint density at radius 1 is 1.28 bits per heavy atom. The lowest BCUT2D eigenvalue weighted by Gasteiger charge is -2.45. The highest BCUT2D eigenvalue weighted by Crippen LogP contribution is 2.39. The molecule has 0 radical (unpaired) electrons. The van der Waals surface area contributed by atoms with E-state index in [1.54, 1.807) is 13.2 Å². The van der Waals surface area contributed by atoms with Crippen molar-refractivity contribution < 1.29 is 13.9 Å². The lowest BCUT2D eigenvalue weighted by atomic mass is 9.67. The Hall–Kier alpha value is -2.34. The first-order valence-corrected chi connectivity index (χ1v) is 10.6. The van der Waals surface area contributed by atoms with Crippen LogP contribution in [-0.4, -0.2) is 25.1 Å². The van der Waals surface area contributed by atoms with Gasteiger partial charge in [-0.2, -0.15) is 0 Å². The summed E-state index contributed by atoms with van der Waals surface area (Å²) in [5, 5.41) is 4.13. The Morgan fingerprint density at radius 2 is 2.00 bits per heavy atom. The number of nitrogens with one attached hydrogen (secondary N) is 1. The highest BCUT2D eigenvalue weighted by molar-refractivity contribution is 5.82. The van der Waals surface area contributed by atoms with E-state index in [2.05, 4.69) is 5.32 Å². The molecule has 29 heavy (non-hydrogen) atoms. The van der Waals surface area contributed by atoms with E-state index in [-0.39, 0.29) is 30.0 Å². The van der Waals surface area contributed by atoms with Gasteiger partial charge in [-0.3, -0.25) is 4.79 Å². The number of amides is 1. The summed E-state index contributed by atoms with van der Waals surface area (Å²) in [6.07, 6.45) is 6.18. The number of rotatable bonds is 5. The fourth-order valence-electron chi connectivity index (χ4n) is 5.31. The maximum Gasteiger partial charge on any atom is 0.339 e. The van der Waals surface area contributed by atoms with Crippen LogP contribution in [0.4, 0.5) is 0 Å². The Morgan fingerprint density at radius 3 is 2.69 bits per heavy atom. The predicted octanol–water partition coefficient (Wildman–Crippen LogP) is 3.06. The van der Waals surface area contributed by atoms with E-state index in [1.807, 2.05) is 19.1 Å². The van der Waals surface area contributed by atoms with Crippen molar-refractivity contribution in [2.75, 3.05) is 7.11 Å². The van der Waals surface area contributed by atoms with E-state index in [4.69, 9.17) is 14.9 Å². The molecule has 2 saturated carbocycles. The molecular weight excluding hydrogens is 368 g/mol. The quantitative estimate of drug-likeness (QED) is 0.755. The zero-order chi connectivity index (χ0) is 20.5. The molecule has 4 rings (SSSR count). The van der Waals surface area contributed by atoms with Crippen LogP contribution in [0.2, 0.25) is 0 Å². The first kappa shape index (κ1) is 20.0. The number of ether oxygens (including phenoxy) is 1. The van der Waals surface area contributed by atoms with E-state index in [9.17, 15) is 9.59 Å². The van der Waals surface area contributed by atoms with Gasteiger partial charge in [-0.25, -0.2) is 4.79 Å². The lowest BCUT2D eigenvalue weighted by Crippen LogP contribution is -2.53. The summed E-state index contributed by atoms with van der Waals surface area (Å²) in [6, 6.07) is 5.95. The molecule has 6 heteroatoms. The van der Waals surface area contributed by atoms with Crippen LogP contribution < -0.4 is 21.4 Å². The highest BCUT2D eigenvalue weighted by atomic mass is 16.5. The zero-order valence-electron chi connectivity index (χ0n) is 17.2. The van der Waals surface area contributed by atoms with Gasteiger partial charge < -0.3 is 20.2 Å². The first-order chi connectivity index (χ1) is 14.0. The third kappa shape index (κ3) is 4.04. The fourth-order valence-corrected chi connectivity index (χ4v) is 5.31. The second-order valence-corrected chi connectivity index (χ2v) is 8.63. The van der Waals surface area contributed by atoms with Crippen molar-refractivity contribution in [1.29, 1.82) is 0 Å². The molecule has 2 fully saturated rings. The molecule has 2 unspecified atom stereocenters. The number of carbonyl (C=O) groups is 1. The summed E-state index contributed by atoms with van der Waals surface area (Å²) in [7, 11) is 1.58. The van der Waals surface area contributed by atoms with Gasteiger partial charge >= 0.3 is 5.63 Å². The molecule has 3 N–H and O–H groups in total. The van der Waals surface area contributed by atoms with Gasteiger partial charge in [0.05, 0.1) is 7.11 Å². The van der Waals surface area contributed by atoms with Crippen LogP contribution in [0, 0.1) is 18.8 Å². The second-order valence-electron chi connectivity index (χ2n) is 8.63. The molecule has 0 spiro atoms. The Kier molecular flexibility index (Phi) is 5.63. The standard InChI is InChI=1S/C23H30N2O4/c1-13-18-7-6-17(28-2)12-20(18)29-23(27)19(13)8-9-21(26)25-22-14-4-3-5-15(22)11-16(24)10-14/h6-7,12,14-16,22H,3-5,8-11,24H2,1-2H3,(H,25,26). The third-order valence-electron chi connectivity index (χ3n) is 6.80. The average molecular weight is 399 g/mol. The SMILES string of the molecule is COc1ccc2c(C)c(CCC(=O)NC3C4CCCC3CC(N)C4)c(=O)oc2c1. The minimum Gasteiger partial charge on any atom is -0.497 e. The van der Waals surface area contributed by atoms with E-state index in [1.165, 1.54) is 6.42 Å². The van der Waals surface area contributed by atoms with Crippen molar-refractivity contribution in [3.05, 3.63) is 39.7 Å². The number of hydrogen-bond donors (Lipinski definition) is 2. The summed E-state index contributed by atoms with van der Waals surface area (Å²) in [6.45, 7) is 1.91. The second kappa shape index (κ2) is 8.19. The van der Waals surface area contributed by atoms with Crippen LogP contribution in [0.1, 0.15) is 49.7 Å². The summed E-state index contributed by atoms with van der Waals surface area (Å²) < 4.78 is 10.7. The molecule has 1 amide bonds.